The standard InChI is InChI=1S/C20H25ClN2O2/c1-20(2,3)25-19(24)23-12-4-5-16(13-23)14-6-8-15(9-7-14)17-10-11-18(21)22-17/h6-11,16,22H,4-5,12-13H2,1-3H3. The second-order valence-corrected chi connectivity index (χ2v) is 8.01. The Morgan fingerprint density at radius 2 is 1.92 bits per heavy atom. The highest BCUT2D eigenvalue weighted by atomic mass is 35.5. The highest BCUT2D eigenvalue weighted by Gasteiger charge is 2.28. The van der Waals surface area contributed by atoms with Gasteiger partial charge in [-0.25, -0.2) is 4.79 Å². The van der Waals surface area contributed by atoms with Gasteiger partial charge in [0.05, 0.1) is 0 Å². The van der Waals surface area contributed by atoms with Crippen molar-refractivity contribution in [2.24, 2.45) is 0 Å². The molecule has 2 heterocycles. The number of hydrogen-bond acceptors (Lipinski definition) is 2. The van der Waals surface area contributed by atoms with Crippen molar-refractivity contribution in [2.75, 3.05) is 13.1 Å². The normalized spacial score (nSPS) is 18.2. The van der Waals surface area contributed by atoms with Gasteiger partial charge < -0.3 is 14.6 Å². The molecule has 4 nitrogen and oxygen atoms in total. The Morgan fingerprint density at radius 1 is 1.20 bits per heavy atom. The summed E-state index contributed by atoms with van der Waals surface area (Å²) < 4.78 is 5.51. The first-order chi connectivity index (χ1) is 11.8. The van der Waals surface area contributed by atoms with Gasteiger partial charge in [0.2, 0.25) is 0 Å². The van der Waals surface area contributed by atoms with Crippen LogP contribution in [0, 0.1) is 0 Å². The van der Waals surface area contributed by atoms with Crippen LogP contribution in [0.5, 0.6) is 0 Å². The number of aromatic amines is 1. The third-order valence-electron chi connectivity index (χ3n) is 4.42. The van der Waals surface area contributed by atoms with Gasteiger partial charge in [0, 0.05) is 24.7 Å². The van der Waals surface area contributed by atoms with E-state index in [2.05, 4.69) is 29.2 Å². The lowest BCUT2D eigenvalue weighted by Gasteiger charge is -2.34. The fraction of sp³-hybridized carbons (Fsp3) is 0.450. The highest BCUT2D eigenvalue weighted by molar-refractivity contribution is 6.29. The molecule has 1 saturated heterocycles. The minimum atomic E-state index is -0.455. The van der Waals surface area contributed by atoms with Crippen LogP contribution in [0.15, 0.2) is 36.4 Å². The highest BCUT2D eigenvalue weighted by Crippen LogP contribution is 2.30. The maximum absolute atomic E-state index is 12.3. The van der Waals surface area contributed by atoms with Gasteiger partial charge >= 0.3 is 6.09 Å². The minimum absolute atomic E-state index is 0.213. The number of piperidine rings is 1. The average molecular weight is 361 g/mol. The van der Waals surface area contributed by atoms with Crippen molar-refractivity contribution in [1.82, 2.24) is 9.88 Å². The van der Waals surface area contributed by atoms with Crippen LogP contribution in [0.4, 0.5) is 4.79 Å². The van der Waals surface area contributed by atoms with Crippen molar-refractivity contribution >= 4 is 17.7 Å². The number of halogens is 1. The molecule has 5 heteroatoms. The Morgan fingerprint density at radius 3 is 2.52 bits per heavy atom. The molecule has 0 bridgehead atoms. The van der Waals surface area contributed by atoms with Gasteiger partial charge in [-0.1, -0.05) is 35.9 Å². The van der Waals surface area contributed by atoms with Crippen LogP contribution in [0.1, 0.15) is 45.1 Å². The van der Waals surface area contributed by atoms with Crippen molar-refractivity contribution in [3.05, 3.63) is 47.1 Å². The van der Waals surface area contributed by atoms with Gasteiger partial charge in [0.15, 0.2) is 0 Å². The Labute approximate surface area is 154 Å². The van der Waals surface area contributed by atoms with Crippen LogP contribution < -0.4 is 0 Å². The molecule has 0 aliphatic carbocycles. The van der Waals surface area contributed by atoms with Gasteiger partial charge in [-0.3, -0.25) is 0 Å². The maximum Gasteiger partial charge on any atom is 0.410 e. The van der Waals surface area contributed by atoms with E-state index in [1.54, 1.807) is 0 Å². The number of H-pyrrole nitrogens is 1. The fourth-order valence-corrected chi connectivity index (χ4v) is 3.38. The summed E-state index contributed by atoms with van der Waals surface area (Å²) in [6.07, 6.45) is 1.88. The first kappa shape index (κ1) is 17.9. The molecule has 0 saturated carbocycles. The average Bonchev–Trinajstić information content (AvgIpc) is 3.00. The first-order valence-corrected chi connectivity index (χ1v) is 9.12. The Hall–Kier alpha value is -1.94. The summed E-state index contributed by atoms with van der Waals surface area (Å²) in [5.74, 6) is 0.350. The van der Waals surface area contributed by atoms with Crippen LogP contribution in [-0.2, 0) is 4.74 Å². The van der Waals surface area contributed by atoms with E-state index in [0.717, 1.165) is 30.6 Å². The molecular formula is C20H25ClN2O2. The predicted octanol–water partition coefficient (Wildman–Crippen LogP) is 5.45. The van der Waals surface area contributed by atoms with Crippen LogP contribution in [0.25, 0.3) is 11.3 Å². The zero-order valence-electron chi connectivity index (χ0n) is 15.0. The van der Waals surface area contributed by atoms with Gasteiger partial charge in [-0.05, 0) is 56.9 Å². The van der Waals surface area contributed by atoms with E-state index < -0.39 is 5.60 Å². The smallest absolute Gasteiger partial charge is 0.410 e. The molecule has 0 spiro atoms. The number of ether oxygens (including phenoxy) is 1. The molecule has 1 aromatic heterocycles. The molecule has 1 unspecified atom stereocenters. The van der Waals surface area contributed by atoms with Crippen LogP contribution in [-0.4, -0.2) is 34.7 Å². The molecular weight excluding hydrogens is 336 g/mol. The minimum Gasteiger partial charge on any atom is -0.444 e. The van der Waals surface area contributed by atoms with Crippen LogP contribution in [0.2, 0.25) is 5.15 Å². The largest absolute Gasteiger partial charge is 0.444 e. The quantitative estimate of drug-likeness (QED) is 0.773. The van der Waals surface area contributed by atoms with E-state index in [9.17, 15) is 4.79 Å². The number of amides is 1. The molecule has 1 aliphatic rings. The lowest BCUT2D eigenvalue weighted by Crippen LogP contribution is -2.42. The summed E-state index contributed by atoms with van der Waals surface area (Å²) in [6, 6.07) is 12.3. The number of rotatable bonds is 2. The summed E-state index contributed by atoms with van der Waals surface area (Å²) in [7, 11) is 0. The molecule has 1 fully saturated rings. The van der Waals surface area contributed by atoms with Crippen molar-refractivity contribution in [3.8, 4) is 11.3 Å². The molecule has 3 rings (SSSR count). The van der Waals surface area contributed by atoms with Crippen LogP contribution >= 0.6 is 11.6 Å². The summed E-state index contributed by atoms with van der Waals surface area (Å²) in [4.78, 5) is 17.3. The third-order valence-corrected chi connectivity index (χ3v) is 4.64. The molecule has 1 N–H and O–H groups in total. The molecule has 134 valence electrons. The molecule has 1 aliphatic heterocycles. The van der Waals surface area contributed by atoms with Crippen molar-refractivity contribution in [2.45, 2.75) is 45.1 Å². The lowest BCUT2D eigenvalue weighted by molar-refractivity contribution is 0.0198. The second kappa shape index (κ2) is 7.12. The van der Waals surface area contributed by atoms with Crippen molar-refractivity contribution in [3.63, 3.8) is 0 Å². The van der Waals surface area contributed by atoms with Gasteiger partial charge in [0.25, 0.3) is 0 Å². The fourth-order valence-electron chi connectivity index (χ4n) is 3.21. The molecule has 1 aromatic carbocycles. The van der Waals surface area contributed by atoms with Crippen molar-refractivity contribution < 1.29 is 9.53 Å². The number of carbonyl (C=O) groups is 1. The summed E-state index contributed by atoms with van der Waals surface area (Å²) in [5.41, 5.74) is 2.92. The predicted molar refractivity (Wildman–Crippen MR) is 101 cm³/mol. The topological polar surface area (TPSA) is 45.3 Å². The SMILES string of the molecule is CC(C)(C)OC(=O)N1CCCC(c2ccc(-c3ccc(Cl)[nH]3)cc2)C1. The Bertz CT molecular complexity index is 731. The summed E-state index contributed by atoms with van der Waals surface area (Å²) in [5, 5.41) is 0.638. The van der Waals surface area contributed by atoms with E-state index in [1.807, 2.05) is 37.8 Å². The number of aromatic nitrogens is 1. The number of hydrogen-bond donors (Lipinski definition) is 1. The van der Waals surface area contributed by atoms with Crippen LogP contribution in [0.3, 0.4) is 0 Å². The second-order valence-electron chi connectivity index (χ2n) is 7.61. The molecule has 25 heavy (non-hydrogen) atoms. The summed E-state index contributed by atoms with van der Waals surface area (Å²) in [6.45, 7) is 7.18. The number of benzene rings is 1. The third kappa shape index (κ3) is 4.57. The summed E-state index contributed by atoms with van der Waals surface area (Å²) >= 11 is 5.95. The number of nitrogens with one attached hydrogen (secondary N) is 1. The zero-order chi connectivity index (χ0) is 18.0. The number of carbonyl (C=O) groups excluding carboxylic acids is 1. The first-order valence-electron chi connectivity index (χ1n) is 8.74. The van der Waals surface area contributed by atoms with Crippen molar-refractivity contribution in [1.29, 1.82) is 0 Å². The number of likely N-dealkylation sites (tertiary alicyclic amines) is 1. The zero-order valence-corrected chi connectivity index (χ0v) is 15.8. The van der Waals surface area contributed by atoms with E-state index in [4.69, 9.17) is 16.3 Å². The molecule has 1 amide bonds. The van der Waals surface area contributed by atoms with Gasteiger partial charge in [-0.15, -0.1) is 0 Å². The molecule has 1 atom stereocenters. The van der Waals surface area contributed by atoms with E-state index in [-0.39, 0.29) is 6.09 Å². The lowest BCUT2D eigenvalue weighted by atomic mass is 9.90. The molecule has 0 radical (unpaired) electrons. The van der Waals surface area contributed by atoms with E-state index >= 15 is 0 Å². The maximum atomic E-state index is 12.3. The van der Waals surface area contributed by atoms with Gasteiger partial charge in [-0.2, -0.15) is 0 Å². The Kier molecular flexibility index (Phi) is 5.09. The molecule has 2 aromatic rings. The van der Waals surface area contributed by atoms with E-state index in [1.165, 1.54) is 5.56 Å². The Balaban J connectivity index is 1.68. The van der Waals surface area contributed by atoms with E-state index in [0.29, 0.717) is 17.6 Å². The van der Waals surface area contributed by atoms with Gasteiger partial charge in [0.1, 0.15) is 10.8 Å². The monoisotopic (exact) mass is 360 g/mol. The number of nitrogens with zero attached hydrogens (tertiary/aromatic N) is 1.